The molecule has 2 heterocycles. The maximum absolute atomic E-state index is 12.8. The van der Waals surface area contributed by atoms with Crippen LogP contribution < -0.4 is 15.6 Å². The fourth-order valence-corrected chi connectivity index (χ4v) is 4.19. The zero-order chi connectivity index (χ0) is 20.4. The Bertz CT molecular complexity index is 1050. The van der Waals surface area contributed by atoms with Crippen LogP contribution >= 0.6 is 11.3 Å². The van der Waals surface area contributed by atoms with E-state index >= 15 is 0 Å². The van der Waals surface area contributed by atoms with E-state index in [1.54, 1.807) is 7.11 Å². The molecule has 1 amide bonds. The third kappa shape index (κ3) is 3.94. The van der Waals surface area contributed by atoms with Crippen LogP contribution in [0.15, 0.2) is 35.4 Å². The van der Waals surface area contributed by atoms with Crippen LogP contribution in [-0.2, 0) is 11.3 Å². The molecule has 2 aromatic heterocycles. The van der Waals surface area contributed by atoms with Crippen molar-refractivity contribution in [3.05, 3.63) is 57.0 Å². The Balaban J connectivity index is 1.81. The highest BCUT2D eigenvalue weighted by atomic mass is 32.1. The van der Waals surface area contributed by atoms with E-state index in [-0.39, 0.29) is 30.0 Å². The number of carbonyl (C=O) groups is 1. The molecule has 1 unspecified atom stereocenters. The lowest BCUT2D eigenvalue weighted by Gasteiger charge is -2.23. The lowest BCUT2D eigenvalue weighted by Crippen LogP contribution is -2.36. The van der Waals surface area contributed by atoms with Gasteiger partial charge in [-0.1, -0.05) is 26.0 Å². The van der Waals surface area contributed by atoms with E-state index in [1.165, 1.54) is 22.2 Å². The van der Waals surface area contributed by atoms with Gasteiger partial charge < -0.3 is 10.1 Å². The number of nitrogens with one attached hydrogen (secondary N) is 1. The molecule has 1 aromatic carbocycles. The Hall–Kier alpha value is -2.67. The molecule has 28 heavy (non-hydrogen) atoms. The average Bonchev–Trinajstić information content (AvgIpc) is 2.96. The maximum atomic E-state index is 12.8. The van der Waals surface area contributed by atoms with Crippen LogP contribution in [0.2, 0.25) is 0 Å². The van der Waals surface area contributed by atoms with E-state index in [2.05, 4.69) is 10.3 Å². The smallest absolute Gasteiger partial charge is 0.262 e. The largest absolute Gasteiger partial charge is 0.497 e. The highest BCUT2D eigenvalue weighted by molar-refractivity contribution is 7.18. The molecular weight excluding hydrogens is 374 g/mol. The van der Waals surface area contributed by atoms with Gasteiger partial charge in [0.05, 0.1) is 24.9 Å². The number of hydrogen-bond donors (Lipinski definition) is 1. The quantitative estimate of drug-likeness (QED) is 0.687. The number of aromatic nitrogens is 2. The van der Waals surface area contributed by atoms with E-state index in [4.69, 9.17) is 4.74 Å². The molecule has 3 aromatic rings. The average molecular weight is 400 g/mol. The Morgan fingerprint density at radius 3 is 2.54 bits per heavy atom. The van der Waals surface area contributed by atoms with Crippen molar-refractivity contribution in [3.8, 4) is 5.75 Å². The number of carbonyl (C=O) groups excluding carboxylic acids is 1. The summed E-state index contributed by atoms with van der Waals surface area (Å²) in [5.41, 5.74) is 1.76. The predicted octanol–water partition coefficient (Wildman–Crippen LogP) is 3.60. The zero-order valence-electron chi connectivity index (χ0n) is 16.8. The fraction of sp³-hybridized carbons (Fsp3) is 0.381. The van der Waals surface area contributed by atoms with Crippen LogP contribution in [0.1, 0.15) is 35.9 Å². The fourth-order valence-electron chi connectivity index (χ4n) is 3.20. The lowest BCUT2D eigenvalue weighted by molar-refractivity contribution is -0.122. The summed E-state index contributed by atoms with van der Waals surface area (Å²) in [5.74, 6) is 0.740. The van der Waals surface area contributed by atoms with Gasteiger partial charge in [0.2, 0.25) is 5.91 Å². The third-order valence-corrected chi connectivity index (χ3v) is 6.04. The second-order valence-corrected chi connectivity index (χ2v) is 8.41. The van der Waals surface area contributed by atoms with Gasteiger partial charge in [0.25, 0.3) is 5.56 Å². The van der Waals surface area contributed by atoms with Gasteiger partial charge in [0.15, 0.2) is 0 Å². The van der Waals surface area contributed by atoms with E-state index < -0.39 is 0 Å². The summed E-state index contributed by atoms with van der Waals surface area (Å²) in [4.78, 5) is 31.6. The molecule has 148 valence electrons. The molecule has 0 aliphatic carbocycles. The van der Waals surface area contributed by atoms with Crippen LogP contribution in [-0.4, -0.2) is 22.6 Å². The molecule has 0 fully saturated rings. The number of ether oxygens (including phenoxy) is 1. The van der Waals surface area contributed by atoms with Crippen molar-refractivity contribution in [1.29, 1.82) is 0 Å². The third-order valence-electron chi connectivity index (χ3n) is 4.93. The van der Waals surface area contributed by atoms with Gasteiger partial charge in [-0.3, -0.25) is 14.2 Å². The number of hydrogen-bond acceptors (Lipinski definition) is 5. The first-order chi connectivity index (χ1) is 13.3. The number of aryl methyl sites for hydroxylation is 2. The minimum absolute atomic E-state index is 0.0600. The first-order valence-electron chi connectivity index (χ1n) is 9.20. The van der Waals surface area contributed by atoms with Gasteiger partial charge in [-0.25, -0.2) is 4.98 Å². The summed E-state index contributed by atoms with van der Waals surface area (Å²) in [5, 5.41) is 3.65. The summed E-state index contributed by atoms with van der Waals surface area (Å²) in [6.45, 7) is 7.93. The number of rotatable bonds is 6. The molecule has 0 aliphatic rings. The Kier molecular flexibility index (Phi) is 5.84. The number of amides is 1. The summed E-state index contributed by atoms with van der Waals surface area (Å²) in [6.07, 6.45) is 1.46. The standard InChI is InChI=1S/C21H25N3O3S/c1-12(2)19(15-6-8-16(27-5)9-7-15)23-17(25)10-24-11-22-20-18(21(24)26)13(3)14(4)28-20/h6-9,11-12,19H,10H2,1-5H3,(H,23,25). The number of thiophene rings is 1. The zero-order valence-corrected chi connectivity index (χ0v) is 17.6. The van der Waals surface area contributed by atoms with Crippen molar-refractivity contribution >= 4 is 27.5 Å². The summed E-state index contributed by atoms with van der Waals surface area (Å²) in [7, 11) is 1.62. The molecule has 3 rings (SSSR count). The highest BCUT2D eigenvalue weighted by Crippen LogP contribution is 2.26. The van der Waals surface area contributed by atoms with Crippen LogP contribution in [0.3, 0.4) is 0 Å². The first kappa shape index (κ1) is 20.1. The SMILES string of the molecule is COc1ccc(C(NC(=O)Cn2cnc3sc(C)c(C)c3c2=O)C(C)C)cc1. The minimum atomic E-state index is -0.220. The van der Waals surface area contributed by atoms with Crippen LogP contribution in [0.5, 0.6) is 5.75 Å². The van der Waals surface area contributed by atoms with E-state index in [0.717, 1.165) is 26.6 Å². The highest BCUT2D eigenvalue weighted by Gasteiger charge is 2.20. The van der Waals surface area contributed by atoms with Crippen molar-refractivity contribution in [1.82, 2.24) is 14.9 Å². The van der Waals surface area contributed by atoms with Crippen LogP contribution in [0.25, 0.3) is 10.2 Å². The topological polar surface area (TPSA) is 73.2 Å². The van der Waals surface area contributed by atoms with Crippen LogP contribution in [0.4, 0.5) is 0 Å². The van der Waals surface area contributed by atoms with Crippen molar-refractivity contribution in [3.63, 3.8) is 0 Å². The number of benzene rings is 1. The summed E-state index contributed by atoms with van der Waals surface area (Å²) in [6, 6.07) is 7.49. The molecule has 0 saturated heterocycles. The van der Waals surface area contributed by atoms with Gasteiger partial charge >= 0.3 is 0 Å². The number of nitrogens with zero attached hydrogens (tertiary/aromatic N) is 2. The van der Waals surface area contributed by atoms with Gasteiger partial charge in [0.1, 0.15) is 17.1 Å². The lowest BCUT2D eigenvalue weighted by atomic mass is 9.96. The van der Waals surface area contributed by atoms with Crippen molar-refractivity contribution in [2.24, 2.45) is 5.92 Å². The van der Waals surface area contributed by atoms with E-state index in [0.29, 0.717) is 5.39 Å². The molecule has 7 heteroatoms. The first-order valence-corrected chi connectivity index (χ1v) is 10.0. The van der Waals surface area contributed by atoms with E-state index in [9.17, 15) is 9.59 Å². The second-order valence-electron chi connectivity index (χ2n) is 7.20. The van der Waals surface area contributed by atoms with E-state index in [1.807, 2.05) is 52.0 Å². The van der Waals surface area contributed by atoms with Crippen molar-refractivity contribution in [2.45, 2.75) is 40.3 Å². The van der Waals surface area contributed by atoms with Gasteiger partial charge in [-0.05, 0) is 43.0 Å². The predicted molar refractivity (Wildman–Crippen MR) is 112 cm³/mol. The van der Waals surface area contributed by atoms with Gasteiger partial charge in [-0.15, -0.1) is 11.3 Å². The van der Waals surface area contributed by atoms with Crippen LogP contribution in [0, 0.1) is 19.8 Å². The van der Waals surface area contributed by atoms with Gasteiger partial charge in [0, 0.05) is 4.88 Å². The summed E-state index contributed by atoms with van der Waals surface area (Å²) >= 11 is 1.50. The molecule has 0 radical (unpaired) electrons. The Labute approximate surface area is 168 Å². The molecule has 0 spiro atoms. The molecule has 6 nitrogen and oxygen atoms in total. The monoisotopic (exact) mass is 399 g/mol. The molecule has 1 N–H and O–H groups in total. The molecule has 0 aliphatic heterocycles. The van der Waals surface area contributed by atoms with Crippen molar-refractivity contribution in [2.75, 3.05) is 7.11 Å². The normalized spacial score (nSPS) is 12.4. The van der Waals surface area contributed by atoms with Gasteiger partial charge in [-0.2, -0.15) is 0 Å². The molecular formula is C21H25N3O3S. The maximum Gasteiger partial charge on any atom is 0.262 e. The number of methoxy groups -OCH3 is 1. The minimum Gasteiger partial charge on any atom is -0.497 e. The number of fused-ring (bicyclic) bond motifs is 1. The Morgan fingerprint density at radius 2 is 1.93 bits per heavy atom. The Morgan fingerprint density at radius 1 is 1.25 bits per heavy atom. The molecule has 0 bridgehead atoms. The van der Waals surface area contributed by atoms with Crippen molar-refractivity contribution < 1.29 is 9.53 Å². The summed E-state index contributed by atoms with van der Waals surface area (Å²) < 4.78 is 6.57. The second kappa shape index (κ2) is 8.14. The molecule has 1 atom stereocenters. The molecule has 0 saturated carbocycles.